The van der Waals surface area contributed by atoms with Gasteiger partial charge in [0.25, 0.3) is 5.91 Å². The van der Waals surface area contributed by atoms with E-state index in [0.29, 0.717) is 13.1 Å². The van der Waals surface area contributed by atoms with Crippen LogP contribution in [-0.2, 0) is 19.3 Å². The standard InChI is InChI=1S/C24H23F3N2O/c1-3-13-29(23(30)20-9-11-21(12-10-20)24(25,26)27)17-22-8-5-14-28(22)16-19-7-4-6-18(2)15-19/h3-12,14-15H,1,13,16-17H2,2H3. The highest BCUT2D eigenvalue weighted by Gasteiger charge is 2.30. The Morgan fingerprint density at radius 3 is 2.47 bits per heavy atom. The summed E-state index contributed by atoms with van der Waals surface area (Å²) in [5.41, 5.74) is 2.69. The van der Waals surface area contributed by atoms with Crippen LogP contribution in [0.1, 0.15) is 32.7 Å². The van der Waals surface area contributed by atoms with Gasteiger partial charge in [-0.25, -0.2) is 0 Å². The molecule has 6 heteroatoms. The van der Waals surface area contributed by atoms with Gasteiger partial charge in [0.05, 0.1) is 12.1 Å². The molecule has 2 aromatic carbocycles. The summed E-state index contributed by atoms with van der Waals surface area (Å²) in [7, 11) is 0. The second-order valence-corrected chi connectivity index (χ2v) is 7.17. The van der Waals surface area contributed by atoms with E-state index in [9.17, 15) is 18.0 Å². The van der Waals surface area contributed by atoms with Crippen molar-refractivity contribution in [3.8, 4) is 0 Å². The fourth-order valence-electron chi connectivity index (χ4n) is 3.31. The number of rotatable bonds is 7. The first-order valence-electron chi connectivity index (χ1n) is 9.55. The minimum absolute atomic E-state index is 0.210. The van der Waals surface area contributed by atoms with Crippen LogP contribution in [0.15, 0.2) is 79.5 Å². The lowest BCUT2D eigenvalue weighted by molar-refractivity contribution is -0.137. The Balaban J connectivity index is 1.78. The molecule has 0 aliphatic carbocycles. The molecule has 0 spiro atoms. The van der Waals surface area contributed by atoms with Gasteiger partial charge in [0.15, 0.2) is 0 Å². The van der Waals surface area contributed by atoms with E-state index >= 15 is 0 Å². The molecule has 3 rings (SSSR count). The highest BCUT2D eigenvalue weighted by Crippen LogP contribution is 2.29. The van der Waals surface area contributed by atoms with Crippen LogP contribution in [0, 0.1) is 6.92 Å². The molecule has 0 radical (unpaired) electrons. The van der Waals surface area contributed by atoms with Gasteiger partial charge in [-0.3, -0.25) is 4.79 Å². The van der Waals surface area contributed by atoms with E-state index in [2.05, 4.69) is 17.2 Å². The molecule has 1 aromatic heterocycles. The van der Waals surface area contributed by atoms with Crippen molar-refractivity contribution in [2.45, 2.75) is 26.2 Å². The second-order valence-electron chi connectivity index (χ2n) is 7.17. The normalized spacial score (nSPS) is 11.3. The molecular formula is C24H23F3N2O. The van der Waals surface area contributed by atoms with Gasteiger partial charge >= 0.3 is 6.18 Å². The minimum Gasteiger partial charge on any atom is -0.345 e. The van der Waals surface area contributed by atoms with Crippen molar-refractivity contribution in [1.82, 2.24) is 9.47 Å². The number of aromatic nitrogens is 1. The molecule has 3 nitrogen and oxygen atoms in total. The number of benzene rings is 2. The highest BCUT2D eigenvalue weighted by atomic mass is 19.4. The summed E-state index contributed by atoms with van der Waals surface area (Å²) in [5, 5.41) is 0. The van der Waals surface area contributed by atoms with E-state index in [4.69, 9.17) is 0 Å². The number of carbonyl (C=O) groups excluding carboxylic acids is 1. The molecule has 0 saturated carbocycles. The zero-order chi connectivity index (χ0) is 21.7. The van der Waals surface area contributed by atoms with Gasteiger partial charge in [-0.05, 0) is 48.9 Å². The van der Waals surface area contributed by atoms with Crippen molar-refractivity contribution >= 4 is 5.91 Å². The average Bonchev–Trinajstić information content (AvgIpc) is 3.13. The fourth-order valence-corrected chi connectivity index (χ4v) is 3.31. The molecule has 0 N–H and O–H groups in total. The van der Waals surface area contributed by atoms with Gasteiger partial charge in [0.1, 0.15) is 0 Å². The van der Waals surface area contributed by atoms with Gasteiger partial charge in [-0.2, -0.15) is 13.2 Å². The van der Waals surface area contributed by atoms with E-state index in [-0.39, 0.29) is 18.0 Å². The van der Waals surface area contributed by atoms with Crippen molar-refractivity contribution in [2.24, 2.45) is 0 Å². The van der Waals surface area contributed by atoms with Crippen molar-refractivity contribution < 1.29 is 18.0 Å². The van der Waals surface area contributed by atoms with Crippen molar-refractivity contribution in [3.63, 3.8) is 0 Å². The van der Waals surface area contributed by atoms with E-state index in [1.807, 2.05) is 43.5 Å². The van der Waals surface area contributed by atoms with E-state index in [1.54, 1.807) is 11.0 Å². The quantitative estimate of drug-likeness (QED) is 0.458. The van der Waals surface area contributed by atoms with E-state index < -0.39 is 11.7 Å². The maximum Gasteiger partial charge on any atom is 0.416 e. The number of hydrogen-bond donors (Lipinski definition) is 0. The molecule has 0 fully saturated rings. The Hall–Kier alpha value is -3.28. The Kier molecular flexibility index (Phi) is 6.45. The first kappa shape index (κ1) is 21.4. The molecule has 1 heterocycles. The summed E-state index contributed by atoms with van der Waals surface area (Å²) >= 11 is 0. The van der Waals surface area contributed by atoms with Crippen LogP contribution >= 0.6 is 0 Å². The summed E-state index contributed by atoms with van der Waals surface area (Å²) in [6.45, 7) is 7.02. The Bertz CT molecular complexity index is 1020. The summed E-state index contributed by atoms with van der Waals surface area (Å²) in [6, 6.07) is 16.3. The number of aryl methyl sites for hydroxylation is 1. The minimum atomic E-state index is -4.43. The summed E-state index contributed by atoms with van der Waals surface area (Å²) < 4.78 is 40.4. The molecule has 0 bridgehead atoms. The maximum atomic E-state index is 12.9. The number of halogens is 3. The monoisotopic (exact) mass is 412 g/mol. The molecule has 1 amide bonds. The highest BCUT2D eigenvalue weighted by molar-refractivity contribution is 5.94. The van der Waals surface area contributed by atoms with E-state index in [1.165, 1.54) is 17.7 Å². The summed E-state index contributed by atoms with van der Waals surface area (Å²) in [4.78, 5) is 14.5. The van der Waals surface area contributed by atoms with Crippen LogP contribution in [0.2, 0.25) is 0 Å². The van der Waals surface area contributed by atoms with Crippen LogP contribution in [-0.4, -0.2) is 21.9 Å². The summed E-state index contributed by atoms with van der Waals surface area (Å²) in [6.07, 6.45) is -0.874. The van der Waals surface area contributed by atoms with E-state index in [0.717, 1.165) is 23.4 Å². The fraction of sp³-hybridized carbons (Fsp3) is 0.208. The first-order valence-corrected chi connectivity index (χ1v) is 9.55. The largest absolute Gasteiger partial charge is 0.416 e. The number of hydrogen-bond acceptors (Lipinski definition) is 1. The summed E-state index contributed by atoms with van der Waals surface area (Å²) in [5.74, 6) is -0.341. The van der Waals surface area contributed by atoms with Crippen molar-refractivity contribution in [1.29, 1.82) is 0 Å². The molecule has 156 valence electrons. The first-order chi connectivity index (χ1) is 14.3. The van der Waals surface area contributed by atoms with Gasteiger partial charge in [-0.1, -0.05) is 35.9 Å². The average molecular weight is 412 g/mol. The number of amides is 1. The molecular weight excluding hydrogens is 389 g/mol. The zero-order valence-electron chi connectivity index (χ0n) is 16.7. The SMILES string of the molecule is C=CCN(Cc1cccn1Cc1cccc(C)c1)C(=O)c1ccc(C(F)(F)F)cc1. The Labute approximate surface area is 174 Å². The molecule has 0 atom stereocenters. The number of carbonyl (C=O) groups is 1. The topological polar surface area (TPSA) is 25.2 Å². The molecule has 30 heavy (non-hydrogen) atoms. The lowest BCUT2D eigenvalue weighted by Gasteiger charge is -2.22. The van der Waals surface area contributed by atoms with Crippen LogP contribution in [0.3, 0.4) is 0 Å². The smallest absolute Gasteiger partial charge is 0.345 e. The third-order valence-electron chi connectivity index (χ3n) is 4.81. The molecule has 3 aromatic rings. The zero-order valence-corrected chi connectivity index (χ0v) is 16.7. The maximum absolute atomic E-state index is 12.9. The van der Waals surface area contributed by atoms with Crippen molar-refractivity contribution in [2.75, 3.05) is 6.54 Å². The Morgan fingerprint density at radius 2 is 1.83 bits per heavy atom. The number of nitrogens with zero attached hydrogens (tertiary/aromatic N) is 2. The number of alkyl halides is 3. The third-order valence-corrected chi connectivity index (χ3v) is 4.81. The predicted molar refractivity (Wildman–Crippen MR) is 111 cm³/mol. The van der Waals surface area contributed by atoms with Gasteiger partial charge in [0, 0.05) is 30.5 Å². The lowest BCUT2D eigenvalue weighted by atomic mass is 10.1. The molecule has 0 saturated heterocycles. The van der Waals surface area contributed by atoms with Crippen LogP contribution in [0.25, 0.3) is 0 Å². The Morgan fingerprint density at radius 1 is 1.10 bits per heavy atom. The van der Waals surface area contributed by atoms with Gasteiger partial charge in [-0.15, -0.1) is 6.58 Å². The van der Waals surface area contributed by atoms with Crippen LogP contribution < -0.4 is 0 Å². The molecule has 0 aliphatic heterocycles. The van der Waals surface area contributed by atoms with Crippen molar-refractivity contribution in [3.05, 3.63) is 107 Å². The molecule has 0 unspecified atom stereocenters. The van der Waals surface area contributed by atoms with Gasteiger partial charge in [0.2, 0.25) is 0 Å². The third kappa shape index (κ3) is 5.20. The second kappa shape index (κ2) is 9.03. The predicted octanol–water partition coefficient (Wildman–Crippen LogP) is 5.69. The molecule has 0 aliphatic rings. The van der Waals surface area contributed by atoms with Gasteiger partial charge < -0.3 is 9.47 Å². The lowest BCUT2D eigenvalue weighted by Crippen LogP contribution is -2.31. The van der Waals surface area contributed by atoms with Crippen LogP contribution in [0.5, 0.6) is 0 Å². The van der Waals surface area contributed by atoms with Crippen LogP contribution in [0.4, 0.5) is 13.2 Å².